The van der Waals surface area contributed by atoms with E-state index in [9.17, 15) is 5.11 Å². The van der Waals surface area contributed by atoms with Crippen LogP contribution in [0.15, 0.2) is 18.2 Å². The van der Waals surface area contributed by atoms with Crippen LogP contribution >= 0.6 is 0 Å². The van der Waals surface area contributed by atoms with Gasteiger partial charge in [0.25, 0.3) is 0 Å². The lowest BCUT2D eigenvalue weighted by atomic mass is 10.1. The SMILES string of the molecule is COc1cc(C(C)NCCCO)ccc1O. The fraction of sp³-hybridized carbons (Fsp3) is 0.500. The first-order chi connectivity index (χ1) is 7.69. The van der Waals surface area contributed by atoms with Crippen molar-refractivity contribution in [2.45, 2.75) is 19.4 Å². The average Bonchev–Trinajstić information content (AvgIpc) is 2.30. The molecule has 4 nitrogen and oxygen atoms in total. The van der Waals surface area contributed by atoms with Gasteiger partial charge in [0.2, 0.25) is 0 Å². The number of methoxy groups -OCH3 is 1. The van der Waals surface area contributed by atoms with Gasteiger partial charge in [-0.05, 0) is 37.6 Å². The van der Waals surface area contributed by atoms with Crippen LogP contribution in [0.4, 0.5) is 0 Å². The summed E-state index contributed by atoms with van der Waals surface area (Å²) in [5.74, 6) is 0.627. The van der Waals surface area contributed by atoms with E-state index in [0.717, 1.165) is 18.5 Å². The Morgan fingerprint density at radius 1 is 1.44 bits per heavy atom. The number of hydrogen-bond acceptors (Lipinski definition) is 4. The number of aliphatic hydroxyl groups excluding tert-OH is 1. The summed E-state index contributed by atoms with van der Waals surface area (Å²) < 4.78 is 5.04. The van der Waals surface area contributed by atoms with E-state index < -0.39 is 0 Å². The molecular formula is C12H19NO3. The minimum Gasteiger partial charge on any atom is -0.504 e. The molecule has 0 aliphatic heterocycles. The Kier molecular flexibility index (Phi) is 5.08. The van der Waals surface area contributed by atoms with Crippen molar-refractivity contribution in [3.8, 4) is 11.5 Å². The van der Waals surface area contributed by atoms with Crippen molar-refractivity contribution in [1.82, 2.24) is 5.32 Å². The zero-order chi connectivity index (χ0) is 12.0. The van der Waals surface area contributed by atoms with E-state index in [1.165, 1.54) is 7.11 Å². The molecule has 0 heterocycles. The first-order valence-corrected chi connectivity index (χ1v) is 5.40. The number of aliphatic hydroxyl groups is 1. The van der Waals surface area contributed by atoms with Gasteiger partial charge in [0.05, 0.1) is 7.11 Å². The lowest BCUT2D eigenvalue weighted by molar-refractivity contribution is 0.284. The Bertz CT molecular complexity index is 328. The van der Waals surface area contributed by atoms with Gasteiger partial charge in [0.1, 0.15) is 0 Å². The van der Waals surface area contributed by atoms with E-state index in [0.29, 0.717) is 5.75 Å². The normalized spacial score (nSPS) is 12.4. The minimum absolute atomic E-state index is 0.147. The van der Waals surface area contributed by atoms with Gasteiger partial charge in [0, 0.05) is 12.6 Å². The van der Waals surface area contributed by atoms with Gasteiger partial charge in [-0.2, -0.15) is 0 Å². The Hall–Kier alpha value is -1.26. The molecule has 1 unspecified atom stereocenters. The van der Waals surface area contributed by atoms with Crippen LogP contribution in [-0.2, 0) is 0 Å². The first kappa shape index (κ1) is 12.8. The second-order valence-corrected chi connectivity index (χ2v) is 3.68. The molecule has 1 atom stereocenters. The predicted octanol–water partition coefficient (Wildman–Crippen LogP) is 1.43. The second kappa shape index (κ2) is 6.35. The third-order valence-electron chi connectivity index (χ3n) is 2.49. The van der Waals surface area contributed by atoms with Gasteiger partial charge in [-0.25, -0.2) is 0 Å². The largest absolute Gasteiger partial charge is 0.504 e. The van der Waals surface area contributed by atoms with E-state index in [4.69, 9.17) is 9.84 Å². The molecule has 16 heavy (non-hydrogen) atoms. The molecule has 0 aliphatic rings. The van der Waals surface area contributed by atoms with E-state index in [-0.39, 0.29) is 18.4 Å². The van der Waals surface area contributed by atoms with Crippen LogP contribution in [-0.4, -0.2) is 30.5 Å². The first-order valence-electron chi connectivity index (χ1n) is 5.40. The number of rotatable bonds is 6. The van der Waals surface area contributed by atoms with Crippen LogP contribution in [0.3, 0.4) is 0 Å². The maximum Gasteiger partial charge on any atom is 0.160 e. The summed E-state index contributed by atoms with van der Waals surface area (Å²) in [7, 11) is 1.53. The lowest BCUT2D eigenvalue weighted by Gasteiger charge is -2.15. The molecule has 90 valence electrons. The third-order valence-corrected chi connectivity index (χ3v) is 2.49. The molecule has 0 saturated heterocycles. The van der Waals surface area contributed by atoms with Gasteiger partial charge in [0.15, 0.2) is 11.5 Å². The van der Waals surface area contributed by atoms with Gasteiger partial charge in [-0.15, -0.1) is 0 Å². The highest BCUT2D eigenvalue weighted by Gasteiger charge is 2.08. The summed E-state index contributed by atoms with van der Waals surface area (Å²) in [6.45, 7) is 2.99. The molecule has 0 spiro atoms. The van der Waals surface area contributed by atoms with Crippen LogP contribution in [0.1, 0.15) is 24.9 Å². The van der Waals surface area contributed by atoms with Crippen molar-refractivity contribution >= 4 is 0 Å². The molecule has 1 aromatic carbocycles. The quantitative estimate of drug-likeness (QED) is 0.641. The van der Waals surface area contributed by atoms with E-state index in [1.54, 1.807) is 6.07 Å². The predicted molar refractivity (Wildman–Crippen MR) is 62.8 cm³/mol. The molecule has 1 aromatic rings. The summed E-state index contributed by atoms with van der Waals surface area (Å²) in [4.78, 5) is 0. The molecule has 0 saturated carbocycles. The number of nitrogens with one attached hydrogen (secondary N) is 1. The van der Waals surface area contributed by atoms with Crippen LogP contribution in [0.2, 0.25) is 0 Å². The zero-order valence-corrected chi connectivity index (χ0v) is 9.73. The minimum atomic E-state index is 0.147. The smallest absolute Gasteiger partial charge is 0.160 e. The Labute approximate surface area is 95.9 Å². The maximum atomic E-state index is 9.45. The number of aromatic hydroxyl groups is 1. The summed E-state index contributed by atoms with van der Waals surface area (Å²) >= 11 is 0. The van der Waals surface area contributed by atoms with Crippen LogP contribution in [0.5, 0.6) is 11.5 Å². The number of ether oxygens (including phenoxy) is 1. The highest BCUT2D eigenvalue weighted by atomic mass is 16.5. The van der Waals surface area contributed by atoms with Gasteiger partial charge >= 0.3 is 0 Å². The monoisotopic (exact) mass is 225 g/mol. The molecule has 0 amide bonds. The van der Waals surface area contributed by atoms with Gasteiger partial charge in [-0.3, -0.25) is 0 Å². The summed E-state index contributed by atoms with van der Waals surface area (Å²) in [6.07, 6.45) is 0.736. The van der Waals surface area contributed by atoms with Gasteiger partial charge in [-0.1, -0.05) is 6.07 Å². The third kappa shape index (κ3) is 3.40. The molecule has 0 aliphatic carbocycles. The Morgan fingerprint density at radius 2 is 2.19 bits per heavy atom. The molecule has 1 rings (SSSR count). The summed E-state index contributed by atoms with van der Waals surface area (Å²) in [5, 5.41) is 21.4. The lowest BCUT2D eigenvalue weighted by Crippen LogP contribution is -2.20. The Morgan fingerprint density at radius 3 is 2.81 bits per heavy atom. The maximum absolute atomic E-state index is 9.45. The molecule has 3 N–H and O–H groups in total. The molecule has 0 fully saturated rings. The number of phenols is 1. The van der Waals surface area contributed by atoms with Crippen molar-refractivity contribution < 1.29 is 14.9 Å². The second-order valence-electron chi connectivity index (χ2n) is 3.68. The fourth-order valence-corrected chi connectivity index (χ4v) is 1.48. The number of hydrogen-bond donors (Lipinski definition) is 3. The van der Waals surface area contributed by atoms with Crippen LogP contribution < -0.4 is 10.1 Å². The van der Waals surface area contributed by atoms with Crippen molar-refractivity contribution in [3.05, 3.63) is 23.8 Å². The van der Waals surface area contributed by atoms with Crippen molar-refractivity contribution in [2.24, 2.45) is 0 Å². The molecule has 4 heteroatoms. The number of benzene rings is 1. The molecule has 0 aromatic heterocycles. The van der Waals surface area contributed by atoms with Crippen molar-refractivity contribution in [3.63, 3.8) is 0 Å². The van der Waals surface area contributed by atoms with E-state index in [1.807, 2.05) is 19.1 Å². The summed E-state index contributed by atoms with van der Waals surface area (Å²) in [5.41, 5.74) is 1.05. The molecule has 0 bridgehead atoms. The average molecular weight is 225 g/mol. The fourth-order valence-electron chi connectivity index (χ4n) is 1.48. The molecule has 0 radical (unpaired) electrons. The topological polar surface area (TPSA) is 61.7 Å². The highest BCUT2D eigenvalue weighted by Crippen LogP contribution is 2.28. The standard InChI is InChI=1S/C12H19NO3/c1-9(13-6-3-7-14)10-4-5-11(15)12(8-10)16-2/h4-5,8-9,13-15H,3,6-7H2,1-2H3. The molecular weight excluding hydrogens is 206 g/mol. The van der Waals surface area contributed by atoms with Crippen LogP contribution in [0.25, 0.3) is 0 Å². The Balaban J connectivity index is 2.64. The van der Waals surface area contributed by atoms with E-state index in [2.05, 4.69) is 5.32 Å². The van der Waals surface area contributed by atoms with Crippen LogP contribution in [0, 0.1) is 0 Å². The highest BCUT2D eigenvalue weighted by molar-refractivity contribution is 5.42. The van der Waals surface area contributed by atoms with Crippen molar-refractivity contribution in [1.29, 1.82) is 0 Å². The number of phenolic OH excluding ortho intramolecular Hbond substituents is 1. The zero-order valence-electron chi connectivity index (χ0n) is 9.73. The van der Waals surface area contributed by atoms with E-state index >= 15 is 0 Å². The van der Waals surface area contributed by atoms with Crippen molar-refractivity contribution in [2.75, 3.05) is 20.3 Å². The van der Waals surface area contributed by atoms with Gasteiger partial charge < -0.3 is 20.3 Å². The summed E-state index contributed by atoms with van der Waals surface area (Å²) in [6, 6.07) is 5.46.